The number of nitrogens with one attached hydrogen (secondary N) is 4. The number of carbonyl (C=O) groups is 5. The highest BCUT2D eigenvalue weighted by Gasteiger charge is 2.70. The average molecular weight is 695 g/mol. The molecule has 1 heterocycles. The van der Waals surface area contributed by atoms with E-state index in [1.165, 1.54) is 16.3 Å². The van der Waals surface area contributed by atoms with E-state index in [0.717, 1.165) is 32.1 Å². The molecule has 1 saturated heterocycles. The van der Waals surface area contributed by atoms with Crippen LogP contribution < -0.4 is 21.3 Å². The molecule has 4 fully saturated rings. The molecule has 4 rings (SSSR count). The van der Waals surface area contributed by atoms with Gasteiger partial charge in [-0.2, -0.15) is 0 Å². The maximum atomic E-state index is 14.4. The molecule has 3 saturated carbocycles. The number of hydrogen-bond acceptors (Lipinski definition) is 7. The maximum absolute atomic E-state index is 14.4. The summed E-state index contributed by atoms with van der Waals surface area (Å²) in [7, 11) is -2.11. The number of fused-ring (bicyclic) bond motifs is 1. The van der Waals surface area contributed by atoms with E-state index in [9.17, 15) is 32.4 Å². The van der Waals surface area contributed by atoms with Crippen LogP contribution in [0.5, 0.6) is 0 Å². The Balaban J connectivity index is 1.53. The van der Waals surface area contributed by atoms with Crippen LogP contribution in [0.4, 0.5) is 4.79 Å². The number of ketones is 1. The van der Waals surface area contributed by atoms with Crippen molar-refractivity contribution in [3.63, 3.8) is 0 Å². The monoisotopic (exact) mass is 694 g/mol. The number of sulfonamides is 1. The molecule has 0 aromatic rings. The summed E-state index contributed by atoms with van der Waals surface area (Å²) in [5.74, 6) is -2.58. The van der Waals surface area contributed by atoms with Gasteiger partial charge in [0.05, 0.1) is 17.3 Å². The average Bonchev–Trinajstić information content (AvgIpc) is 3.85. The molecule has 0 spiro atoms. The second-order valence-corrected chi connectivity index (χ2v) is 18.3. The first-order chi connectivity index (χ1) is 22.3. The van der Waals surface area contributed by atoms with Crippen LogP contribution in [0.2, 0.25) is 0 Å². The van der Waals surface area contributed by atoms with Crippen molar-refractivity contribution in [1.29, 1.82) is 0 Å². The van der Waals surface area contributed by atoms with E-state index < -0.39 is 68.6 Å². The van der Waals surface area contributed by atoms with Gasteiger partial charge in [0, 0.05) is 26.2 Å². The molecule has 0 aromatic heterocycles. The van der Waals surface area contributed by atoms with Crippen LogP contribution in [-0.4, -0.2) is 103 Å². The molecule has 1 aliphatic heterocycles. The zero-order valence-corrected chi connectivity index (χ0v) is 30.9. The first-order valence-electron chi connectivity index (χ1n) is 17.8. The van der Waals surface area contributed by atoms with Crippen molar-refractivity contribution in [2.75, 3.05) is 25.9 Å². The third-order valence-electron chi connectivity index (χ3n) is 11.1. The number of urea groups is 1. The van der Waals surface area contributed by atoms with Crippen molar-refractivity contribution < 1.29 is 32.4 Å². The zero-order chi connectivity index (χ0) is 35.8. The van der Waals surface area contributed by atoms with Gasteiger partial charge in [0.15, 0.2) is 0 Å². The van der Waals surface area contributed by atoms with Crippen LogP contribution >= 0.6 is 0 Å². The largest absolute Gasteiger partial charge is 0.347 e. The van der Waals surface area contributed by atoms with Crippen LogP contribution in [0.3, 0.4) is 0 Å². The Hall–Kier alpha value is -2.74. The fourth-order valence-electron chi connectivity index (χ4n) is 7.68. The second-order valence-electron chi connectivity index (χ2n) is 16.3. The lowest BCUT2D eigenvalue weighted by molar-refractivity contribution is -0.145. The van der Waals surface area contributed by atoms with E-state index in [0.29, 0.717) is 38.8 Å². The summed E-state index contributed by atoms with van der Waals surface area (Å²) in [4.78, 5) is 69.3. The second kappa shape index (κ2) is 14.2. The fourth-order valence-corrected chi connectivity index (χ4v) is 9.36. The smallest absolute Gasteiger partial charge is 0.315 e. The van der Waals surface area contributed by atoms with E-state index in [-0.39, 0.29) is 29.0 Å². The Bertz CT molecular complexity index is 1370. The van der Waals surface area contributed by atoms with E-state index in [4.69, 9.17) is 0 Å². The van der Waals surface area contributed by atoms with Crippen LogP contribution in [0.1, 0.15) is 106 Å². The van der Waals surface area contributed by atoms with Crippen LogP contribution in [0.15, 0.2) is 0 Å². The van der Waals surface area contributed by atoms with Gasteiger partial charge in [0.25, 0.3) is 5.91 Å². The molecule has 5 amide bonds. The number of amides is 5. The molecule has 0 bridgehead atoms. The summed E-state index contributed by atoms with van der Waals surface area (Å²) in [6, 6.07) is -3.52. The van der Waals surface area contributed by atoms with Crippen molar-refractivity contribution in [3.8, 4) is 0 Å². The topological polar surface area (TPSA) is 174 Å². The minimum Gasteiger partial charge on any atom is -0.347 e. The highest BCUT2D eigenvalue weighted by Crippen LogP contribution is 2.65. The number of carbonyl (C=O) groups excluding carboxylic acids is 5. The van der Waals surface area contributed by atoms with Gasteiger partial charge in [0.2, 0.25) is 27.6 Å². The number of piperidine rings is 1. The first-order valence-corrected chi connectivity index (χ1v) is 19.4. The van der Waals surface area contributed by atoms with Crippen molar-refractivity contribution in [1.82, 2.24) is 30.5 Å². The van der Waals surface area contributed by atoms with Crippen molar-refractivity contribution in [3.05, 3.63) is 0 Å². The Morgan fingerprint density at radius 3 is 2.15 bits per heavy atom. The van der Waals surface area contributed by atoms with E-state index in [2.05, 4.69) is 35.1 Å². The highest BCUT2D eigenvalue weighted by molar-refractivity contribution is 7.89. The Kier molecular flexibility index (Phi) is 11.3. The van der Waals surface area contributed by atoms with E-state index in [1.807, 2.05) is 27.7 Å². The fraction of sp³-hybridized carbons (Fsp3) is 0.853. The predicted molar refractivity (Wildman–Crippen MR) is 182 cm³/mol. The van der Waals surface area contributed by atoms with Crippen molar-refractivity contribution in [2.24, 2.45) is 22.7 Å². The van der Waals surface area contributed by atoms with Gasteiger partial charge in [0.1, 0.15) is 12.1 Å². The van der Waals surface area contributed by atoms with Gasteiger partial charge >= 0.3 is 6.03 Å². The predicted octanol–water partition coefficient (Wildman–Crippen LogP) is 2.30. The minimum absolute atomic E-state index is 0.00417. The molecule has 4 aliphatic rings. The van der Waals surface area contributed by atoms with E-state index in [1.54, 1.807) is 6.92 Å². The first kappa shape index (κ1) is 38.1. The van der Waals surface area contributed by atoms with Crippen LogP contribution in [-0.2, 0) is 29.2 Å². The summed E-state index contributed by atoms with van der Waals surface area (Å²) in [6.45, 7) is 13.9. The number of likely N-dealkylation sites (tertiary alicyclic amines) is 1. The lowest BCUT2D eigenvalue weighted by atomic mass is 9.83. The molecule has 0 unspecified atom stereocenters. The molecule has 0 radical (unpaired) electrons. The Morgan fingerprint density at radius 2 is 1.60 bits per heavy atom. The lowest BCUT2D eigenvalue weighted by Crippen LogP contribution is -2.64. The lowest BCUT2D eigenvalue weighted by Gasteiger charge is -2.41. The third kappa shape index (κ3) is 8.34. The molecule has 13 nitrogen and oxygen atoms in total. The zero-order valence-electron chi connectivity index (χ0n) is 30.1. The molecule has 0 aromatic carbocycles. The highest BCUT2D eigenvalue weighted by atomic mass is 32.2. The summed E-state index contributed by atoms with van der Waals surface area (Å²) in [6.07, 6.45) is 6.05. The normalized spacial score (nSPS) is 25.8. The molecular weight excluding hydrogens is 636 g/mol. The maximum Gasteiger partial charge on any atom is 0.315 e. The summed E-state index contributed by atoms with van der Waals surface area (Å²) in [5, 5.41) is 11.4. The van der Waals surface area contributed by atoms with Gasteiger partial charge in [-0.15, -0.1) is 0 Å². The molecule has 48 heavy (non-hydrogen) atoms. The van der Waals surface area contributed by atoms with Crippen molar-refractivity contribution >= 4 is 39.6 Å². The summed E-state index contributed by atoms with van der Waals surface area (Å²) >= 11 is 0. The van der Waals surface area contributed by atoms with Crippen LogP contribution in [0.25, 0.3) is 0 Å². The number of hydrogen-bond donors (Lipinski definition) is 4. The van der Waals surface area contributed by atoms with E-state index >= 15 is 0 Å². The molecule has 14 heteroatoms. The molecule has 3 aliphatic carbocycles. The molecule has 5 atom stereocenters. The standard InChI is InChI=1S/C34H58N6O7S/c1-9-14-23(26(41)29(43)35-21-15-16-21)36-28(42)25-24-22(33(24,6)7)19-40(25)30(44)27(32(3,4)5)37-31(45)38-34(17-12-11-13-18-34)20-48(46,47)39(8)10-2/h21-25,27H,9-20H2,1-8H3,(H,35,43)(H,36,42)(H2,37,38,45)/t22-,23-,24-,25-,27+/m0/s1. The summed E-state index contributed by atoms with van der Waals surface area (Å²) < 4.78 is 27.5. The van der Waals surface area contributed by atoms with Gasteiger partial charge in [-0.1, -0.05) is 74.1 Å². The van der Waals surface area contributed by atoms with Gasteiger partial charge in [-0.05, 0) is 54.8 Å². The van der Waals surface area contributed by atoms with Crippen LogP contribution in [0, 0.1) is 22.7 Å². The van der Waals surface area contributed by atoms with Gasteiger partial charge in [-0.25, -0.2) is 17.5 Å². The Labute approximate surface area is 286 Å². The molecular formula is C34H58N6O7S. The molecule has 272 valence electrons. The quantitative estimate of drug-likeness (QED) is 0.202. The SMILES string of the molecule is CCC[C@H](NC(=O)[C@@H]1[C@@H]2[C@H](CN1C(=O)[C@@H](NC(=O)NC1(CS(=O)(=O)N(C)CC)CCCCC1)C(C)(C)C)C2(C)C)C(=O)C(=O)NC1CC1. The third-order valence-corrected chi connectivity index (χ3v) is 13.2. The number of rotatable bonds is 14. The van der Waals surface area contributed by atoms with Gasteiger partial charge < -0.3 is 26.2 Å². The molecule has 4 N–H and O–H groups in total. The minimum atomic E-state index is -3.64. The van der Waals surface area contributed by atoms with Gasteiger partial charge in [-0.3, -0.25) is 19.2 Å². The Morgan fingerprint density at radius 1 is 0.979 bits per heavy atom. The number of Topliss-reactive ketones (excluding diaryl/α,β-unsaturated/α-hetero) is 1. The van der Waals surface area contributed by atoms with Crippen molar-refractivity contribution in [2.45, 2.75) is 136 Å². The number of nitrogens with zero attached hydrogens (tertiary/aromatic N) is 2. The summed E-state index contributed by atoms with van der Waals surface area (Å²) in [5.41, 5.74) is -1.92.